The molecule has 8 nitrogen and oxygen atoms in total. The molecule has 2 N–H and O–H groups in total. The van der Waals surface area contributed by atoms with Gasteiger partial charge in [-0.3, -0.25) is 10.1 Å². The quantitative estimate of drug-likeness (QED) is 0.648. The minimum Gasteiger partial charge on any atom is -0.465 e. The van der Waals surface area contributed by atoms with Crippen molar-refractivity contribution in [2.24, 2.45) is 0 Å². The molecule has 1 saturated heterocycles. The molecule has 0 unspecified atom stereocenters. The Morgan fingerprint density at radius 1 is 1.38 bits per heavy atom. The maximum absolute atomic E-state index is 11.0. The van der Waals surface area contributed by atoms with Crippen molar-refractivity contribution in [3.05, 3.63) is 57.2 Å². The van der Waals surface area contributed by atoms with E-state index < -0.39 is 16.6 Å². The maximum Gasteiger partial charge on any atom is 0.405 e. The summed E-state index contributed by atoms with van der Waals surface area (Å²) in [5.74, 6) is 0. The summed E-state index contributed by atoms with van der Waals surface area (Å²) in [5, 5.41) is 22.3. The first-order valence-electron chi connectivity index (χ1n) is 6.91. The van der Waals surface area contributed by atoms with Crippen LogP contribution in [0, 0.1) is 10.1 Å². The van der Waals surface area contributed by atoms with Crippen molar-refractivity contribution < 1.29 is 19.6 Å². The molecule has 1 aliphatic rings. The summed E-state index contributed by atoms with van der Waals surface area (Å²) in [6.45, 7) is 0.518. The molecule has 1 amide bonds. The number of hydrogen-bond acceptors (Lipinski definition) is 5. The van der Waals surface area contributed by atoms with Crippen LogP contribution < -0.4 is 5.32 Å². The molecule has 0 atom stereocenters. The summed E-state index contributed by atoms with van der Waals surface area (Å²) in [4.78, 5) is 25.1. The van der Waals surface area contributed by atoms with Gasteiger partial charge in [0.15, 0.2) is 0 Å². The number of carbonyl (C=O) groups is 1. The Morgan fingerprint density at radius 2 is 2.04 bits per heavy atom. The number of nitrogens with one attached hydrogen (secondary N) is 1. The summed E-state index contributed by atoms with van der Waals surface area (Å²) in [7, 11) is 0. The van der Waals surface area contributed by atoms with Gasteiger partial charge >= 0.3 is 6.09 Å². The largest absolute Gasteiger partial charge is 0.465 e. The van der Waals surface area contributed by atoms with Gasteiger partial charge < -0.3 is 15.2 Å². The molecule has 1 aromatic carbocycles. The topological polar surface area (TPSA) is 115 Å². The van der Waals surface area contributed by atoms with Crippen molar-refractivity contribution >= 4 is 23.4 Å². The maximum atomic E-state index is 11.0. The van der Waals surface area contributed by atoms with E-state index in [1.54, 1.807) is 24.3 Å². The predicted octanol–water partition coefficient (Wildman–Crippen LogP) is 2.80. The summed E-state index contributed by atoms with van der Waals surface area (Å²) >= 11 is 6.07. The van der Waals surface area contributed by atoms with Gasteiger partial charge in [0.05, 0.1) is 28.9 Å². The molecular formula is C15H12ClN3O5. The van der Waals surface area contributed by atoms with Crippen molar-refractivity contribution in [3.63, 3.8) is 0 Å². The Kier molecular flexibility index (Phi) is 4.08. The van der Waals surface area contributed by atoms with Crippen LogP contribution in [-0.4, -0.2) is 34.3 Å². The number of nitro groups is 1. The molecule has 24 heavy (non-hydrogen) atoms. The Hall–Kier alpha value is -2.71. The fraction of sp³-hybridized carbons (Fsp3) is 0.200. The zero-order valence-electron chi connectivity index (χ0n) is 12.2. The van der Waals surface area contributed by atoms with Crippen LogP contribution in [0.25, 0.3) is 11.3 Å². The van der Waals surface area contributed by atoms with Gasteiger partial charge in [0, 0.05) is 11.6 Å². The highest BCUT2D eigenvalue weighted by molar-refractivity contribution is 6.33. The van der Waals surface area contributed by atoms with Gasteiger partial charge in [-0.05, 0) is 5.56 Å². The molecule has 2 aromatic rings. The molecule has 0 radical (unpaired) electrons. The van der Waals surface area contributed by atoms with Crippen LogP contribution >= 0.6 is 11.6 Å². The minimum atomic E-state index is -1.12. The van der Waals surface area contributed by atoms with Gasteiger partial charge in [0.2, 0.25) is 0 Å². The van der Waals surface area contributed by atoms with Gasteiger partial charge in [0.25, 0.3) is 5.69 Å². The molecule has 124 valence electrons. The Bertz CT molecular complexity index is 805. The van der Waals surface area contributed by atoms with Crippen molar-refractivity contribution in [2.45, 2.75) is 5.54 Å². The second kappa shape index (κ2) is 6.06. The number of rotatable bonds is 4. The van der Waals surface area contributed by atoms with Crippen molar-refractivity contribution in [1.29, 1.82) is 0 Å². The number of nitrogens with zero attached hydrogens (tertiary/aromatic N) is 2. The fourth-order valence-electron chi connectivity index (χ4n) is 2.51. The lowest BCUT2D eigenvalue weighted by Gasteiger charge is -2.41. The zero-order valence-corrected chi connectivity index (χ0v) is 13.0. The first-order chi connectivity index (χ1) is 11.4. The molecule has 0 bridgehead atoms. The molecule has 2 heterocycles. The minimum absolute atomic E-state index is 0.169. The average molecular weight is 350 g/mol. The normalized spacial score (nSPS) is 15.4. The van der Waals surface area contributed by atoms with Crippen LogP contribution in [-0.2, 0) is 10.3 Å². The van der Waals surface area contributed by atoms with Gasteiger partial charge in [-0.15, -0.1) is 0 Å². The van der Waals surface area contributed by atoms with Gasteiger partial charge in [-0.25, -0.2) is 9.78 Å². The SMILES string of the molecule is O=C(O)NC1(c2ccc(-c3ncc([N+](=O)[O-])cc3Cl)cc2)COC1. The van der Waals surface area contributed by atoms with Crippen molar-refractivity contribution in [2.75, 3.05) is 13.2 Å². The molecule has 1 aliphatic heterocycles. The van der Waals surface area contributed by atoms with Crippen LogP contribution in [0.1, 0.15) is 5.56 Å². The van der Waals surface area contributed by atoms with Crippen LogP contribution in [0.5, 0.6) is 0 Å². The van der Waals surface area contributed by atoms with Gasteiger partial charge in [-0.2, -0.15) is 0 Å². The second-order valence-corrected chi connectivity index (χ2v) is 5.77. The molecule has 0 aliphatic carbocycles. The van der Waals surface area contributed by atoms with Crippen LogP contribution in [0.2, 0.25) is 5.02 Å². The first-order valence-corrected chi connectivity index (χ1v) is 7.29. The molecule has 1 aromatic heterocycles. The summed E-state index contributed by atoms with van der Waals surface area (Å²) in [6, 6.07) is 8.23. The highest BCUT2D eigenvalue weighted by Crippen LogP contribution is 2.33. The summed E-state index contributed by atoms with van der Waals surface area (Å²) in [6.07, 6.45) is 0.0185. The zero-order chi connectivity index (χ0) is 17.3. The van der Waals surface area contributed by atoms with E-state index in [4.69, 9.17) is 21.4 Å². The highest BCUT2D eigenvalue weighted by atomic mass is 35.5. The van der Waals surface area contributed by atoms with Crippen molar-refractivity contribution in [3.8, 4) is 11.3 Å². The first kappa shape index (κ1) is 16.2. The third-order valence-electron chi connectivity index (χ3n) is 3.79. The number of benzene rings is 1. The third-order valence-corrected chi connectivity index (χ3v) is 4.08. The monoisotopic (exact) mass is 349 g/mol. The Balaban J connectivity index is 1.90. The second-order valence-electron chi connectivity index (χ2n) is 5.36. The molecule has 0 saturated carbocycles. The fourth-order valence-corrected chi connectivity index (χ4v) is 2.78. The van der Waals surface area contributed by atoms with Crippen LogP contribution in [0.4, 0.5) is 10.5 Å². The number of amides is 1. The van der Waals surface area contributed by atoms with E-state index in [-0.39, 0.29) is 23.9 Å². The number of aromatic nitrogens is 1. The number of hydrogen-bond donors (Lipinski definition) is 2. The van der Waals surface area contributed by atoms with Gasteiger partial charge in [0.1, 0.15) is 11.7 Å². The summed E-state index contributed by atoms with van der Waals surface area (Å²) in [5.41, 5.74) is 0.912. The highest BCUT2D eigenvalue weighted by Gasteiger charge is 2.41. The van der Waals surface area contributed by atoms with Gasteiger partial charge in [-0.1, -0.05) is 35.9 Å². The number of pyridine rings is 1. The standard InChI is InChI=1S/C15H12ClN3O5/c16-12-5-11(19(22)23)6-17-13(12)9-1-3-10(4-2-9)15(7-24-8-15)18-14(20)21/h1-6,18H,7-8H2,(H,20,21). The predicted molar refractivity (Wildman–Crippen MR) is 85.0 cm³/mol. The number of ether oxygens (including phenoxy) is 1. The number of carboxylic acid groups (broad SMARTS) is 1. The van der Waals surface area contributed by atoms with E-state index in [0.29, 0.717) is 11.3 Å². The third kappa shape index (κ3) is 2.89. The summed E-state index contributed by atoms with van der Waals surface area (Å²) < 4.78 is 5.14. The lowest BCUT2D eigenvalue weighted by Crippen LogP contribution is -2.59. The molecule has 0 spiro atoms. The van der Waals surface area contributed by atoms with Crippen LogP contribution in [0.15, 0.2) is 36.5 Å². The molecular weight excluding hydrogens is 338 g/mol. The Morgan fingerprint density at radius 3 is 2.50 bits per heavy atom. The van der Waals surface area contributed by atoms with E-state index in [2.05, 4.69) is 10.3 Å². The van der Waals surface area contributed by atoms with E-state index in [1.807, 2.05) is 0 Å². The Labute approximate surface area is 141 Å². The van der Waals surface area contributed by atoms with E-state index >= 15 is 0 Å². The van der Waals surface area contributed by atoms with Crippen LogP contribution in [0.3, 0.4) is 0 Å². The lowest BCUT2D eigenvalue weighted by molar-refractivity contribution is -0.385. The van der Waals surface area contributed by atoms with E-state index in [0.717, 1.165) is 11.8 Å². The number of halogens is 1. The molecule has 3 rings (SSSR count). The van der Waals surface area contributed by atoms with E-state index in [9.17, 15) is 14.9 Å². The smallest absolute Gasteiger partial charge is 0.405 e. The lowest BCUT2D eigenvalue weighted by atomic mass is 9.87. The molecule has 9 heteroatoms. The van der Waals surface area contributed by atoms with Crippen molar-refractivity contribution in [1.82, 2.24) is 10.3 Å². The average Bonchev–Trinajstić information content (AvgIpc) is 2.51. The van der Waals surface area contributed by atoms with E-state index in [1.165, 1.54) is 6.07 Å². The molecule has 1 fully saturated rings.